The van der Waals surface area contributed by atoms with Crippen molar-refractivity contribution < 1.29 is 19.3 Å². The molecule has 41 heavy (non-hydrogen) atoms. The van der Waals surface area contributed by atoms with Gasteiger partial charge in [-0.25, -0.2) is 0 Å². The fourth-order valence-corrected chi connectivity index (χ4v) is 5.85. The fraction of sp³-hybridized carbons (Fsp3) is 0.300. The van der Waals surface area contributed by atoms with Gasteiger partial charge in [0.25, 0.3) is 17.5 Å². The number of rotatable bonds is 7. The maximum absolute atomic E-state index is 14.0. The second-order valence-corrected chi connectivity index (χ2v) is 10.8. The lowest BCUT2D eigenvalue weighted by atomic mass is 9.85. The molecule has 0 saturated carbocycles. The maximum Gasteiger partial charge on any atom is 0.270 e. The Morgan fingerprint density at radius 2 is 1.63 bits per heavy atom. The Hall–Kier alpha value is -4.44. The molecule has 3 aromatic carbocycles. The van der Waals surface area contributed by atoms with Gasteiger partial charge in [-0.15, -0.1) is 0 Å². The van der Waals surface area contributed by atoms with Crippen LogP contribution in [0.2, 0.25) is 5.02 Å². The highest BCUT2D eigenvalue weighted by Crippen LogP contribution is 2.40. The number of nitro benzene ring substituents is 1. The number of carbonyl (C=O) groups excluding carboxylic acids is 3. The monoisotopic (exact) mass is 575 g/mol. The molecule has 0 bridgehead atoms. The summed E-state index contributed by atoms with van der Waals surface area (Å²) in [6.07, 6.45) is 0.725. The molecule has 5 rings (SSSR count). The van der Waals surface area contributed by atoms with Crippen LogP contribution in [0.3, 0.4) is 0 Å². The molecule has 3 amide bonds. The first-order valence-corrected chi connectivity index (χ1v) is 13.7. The summed E-state index contributed by atoms with van der Waals surface area (Å²) in [5, 5.41) is 11.1. The van der Waals surface area contributed by atoms with E-state index in [4.69, 9.17) is 11.6 Å². The van der Waals surface area contributed by atoms with E-state index < -0.39 is 10.5 Å². The molecule has 2 heterocycles. The topological polar surface area (TPSA) is 107 Å². The first-order chi connectivity index (χ1) is 19.7. The van der Waals surface area contributed by atoms with Gasteiger partial charge in [0.05, 0.1) is 22.2 Å². The molecule has 0 N–H and O–H groups in total. The largest absolute Gasteiger partial charge is 0.340 e. The van der Waals surface area contributed by atoms with Gasteiger partial charge < -0.3 is 19.6 Å². The summed E-state index contributed by atoms with van der Waals surface area (Å²) >= 11 is 6.22. The third-order valence-corrected chi connectivity index (χ3v) is 8.18. The highest BCUT2D eigenvalue weighted by Gasteiger charge is 2.54. The molecular weight excluding hydrogens is 546 g/mol. The predicted octanol–water partition coefficient (Wildman–Crippen LogP) is 4.19. The third-order valence-electron chi connectivity index (χ3n) is 7.87. The first-order valence-electron chi connectivity index (χ1n) is 13.3. The molecule has 212 valence electrons. The van der Waals surface area contributed by atoms with Crippen molar-refractivity contribution in [3.8, 4) is 0 Å². The van der Waals surface area contributed by atoms with E-state index >= 15 is 0 Å². The van der Waals surface area contributed by atoms with Gasteiger partial charge in [-0.3, -0.25) is 24.5 Å². The van der Waals surface area contributed by atoms with Crippen LogP contribution >= 0.6 is 11.6 Å². The van der Waals surface area contributed by atoms with E-state index in [0.717, 1.165) is 11.3 Å². The zero-order valence-electron chi connectivity index (χ0n) is 22.6. The van der Waals surface area contributed by atoms with Crippen molar-refractivity contribution in [1.82, 2.24) is 14.7 Å². The second-order valence-electron chi connectivity index (χ2n) is 10.4. The summed E-state index contributed by atoms with van der Waals surface area (Å²) in [5.41, 5.74) is 0.952. The number of hydrogen-bond donors (Lipinski definition) is 0. The minimum atomic E-state index is -0.907. The molecule has 2 aliphatic heterocycles. The van der Waals surface area contributed by atoms with Crippen LogP contribution < -0.4 is 4.90 Å². The third kappa shape index (κ3) is 5.60. The molecule has 10 nitrogen and oxygen atoms in total. The molecule has 0 radical (unpaired) electrons. The van der Waals surface area contributed by atoms with E-state index in [2.05, 4.69) is 0 Å². The molecule has 2 saturated heterocycles. The van der Waals surface area contributed by atoms with Crippen LogP contribution in [0.15, 0.2) is 78.9 Å². The van der Waals surface area contributed by atoms with Crippen LogP contribution in [0.4, 0.5) is 11.4 Å². The van der Waals surface area contributed by atoms with Gasteiger partial charge in [-0.05, 0) is 36.6 Å². The minimum absolute atomic E-state index is 0.0108. The molecule has 3 aromatic rings. The Bertz CT molecular complexity index is 1460. The lowest BCUT2D eigenvalue weighted by Crippen LogP contribution is -2.57. The number of hydrogen-bond acceptors (Lipinski definition) is 6. The number of para-hydroxylation sites is 1. The number of non-ortho nitro benzene ring substituents is 1. The summed E-state index contributed by atoms with van der Waals surface area (Å²) in [6.45, 7) is 1.23. The number of halogens is 1. The van der Waals surface area contributed by atoms with Crippen molar-refractivity contribution in [2.24, 2.45) is 0 Å². The summed E-state index contributed by atoms with van der Waals surface area (Å²) in [6, 6.07) is 23.1. The maximum atomic E-state index is 14.0. The van der Waals surface area contributed by atoms with Crippen LogP contribution in [-0.2, 0) is 16.1 Å². The van der Waals surface area contributed by atoms with E-state index in [-0.39, 0.29) is 60.3 Å². The Labute approximate surface area is 242 Å². The van der Waals surface area contributed by atoms with Crippen LogP contribution in [0.25, 0.3) is 0 Å². The highest BCUT2D eigenvalue weighted by atomic mass is 35.5. The summed E-state index contributed by atoms with van der Waals surface area (Å²) in [4.78, 5) is 57.8. The molecule has 0 aromatic heterocycles. The van der Waals surface area contributed by atoms with E-state index in [9.17, 15) is 24.5 Å². The minimum Gasteiger partial charge on any atom is -0.340 e. The quantitative estimate of drug-likeness (QED) is 0.309. The Morgan fingerprint density at radius 1 is 1.00 bits per heavy atom. The molecule has 1 spiro atoms. The van der Waals surface area contributed by atoms with E-state index in [1.54, 1.807) is 21.7 Å². The van der Waals surface area contributed by atoms with Crippen molar-refractivity contribution in [3.63, 3.8) is 0 Å². The number of nitrogens with zero attached hydrogens (tertiary/aromatic N) is 5. The van der Waals surface area contributed by atoms with Gasteiger partial charge in [0, 0.05) is 44.5 Å². The number of anilines is 1. The van der Waals surface area contributed by atoms with Crippen LogP contribution in [-0.4, -0.2) is 76.2 Å². The number of carbonyl (C=O) groups is 3. The Morgan fingerprint density at radius 3 is 2.24 bits per heavy atom. The Kier molecular flexibility index (Phi) is 7.94. The van der Waals surface area contributed by atoms with Gasteiger partial charge in [0.2, 0.25) is 5.91 Å². The van der Waals surface area contributed by atoms with Crippen molar-refractivity contribution in [3.05, 3.63) is 105 Å². The van der Waals surface area contributed by atoms with E-state index in [1.807, 2.05) is 65.6 Å². The highest BCUT2D eigenvalue weighted by molar-refractivity contribution is 6.34. The average Bonchev–Trinajstić information content (AvgIpc) is 3.24. The van der Waals surface area contributed by atoms with Gasteiger partial charge in [-0.2, -0.15) is 0 Å². The number of likely N-dealkylation sites (N-methyl/N-ethyl adjacent to an activating group) is 1. The van der Waals surface area contributed by atoms with Gasteiger partial charge in [0.1, 0.15) is 12.1 Å². The van der Waals surface area contributed by atoms with Crippen LogP contribution in [0, 0.1) is 10.1 Å². The summed E-state index contributed by atoms with van der Waals surface area (Å²) in [5.74, 6) is -0.637. The molecule has 2 fully saturated rings. The number of piperidine rings is 1. The number of likely N-dealkylation sites (tertiary alicyclic amines) is 1. The lowest BCUT2D eigenvalue weighted by Gasteiger charge is -2.43. The standard InChI is InChI=1S/C30H30ClN5O5/c1-32(19-22-8-4-2-5-9-22)27(37)20-34-21-35(23-10-6-3-7-11-23)30(29(34)39)14-16-33(17-15-30)28(38)25-13-12-24(36(40)41)18-26(25)31/h2-13,18H,14-17,19-21H2,1H3. The van der Waals surface area contributed by atoms with E-state index in [0.29, 0.717) is 19.4 Å². The van der Waals surface area contributed by atoms with Crippen LogP contribution in [0.5, 0.6) is 0 Å². The number of benzene rings is 3. The molecule has 0 aliphatic carbocycles. The van der Waals surface area contributed by atoms with Gasteiger partial charge in [-0.1, -0.05) is 60.1 Å². The average molecular weight is 576 g/mol. The molecule has 2 aliphatic rings. The fourth-order valence-electron chi connectivity index (χ4n) is 5.59. The smallest absolute Gasteiger partial charge is 0.270 e. The normalized spacial score (nSPS) is 16.2. The Balaban J connectivity index is 1.33. The predicted molar refractivity (Wildman–Crippen MR) is 154 cm³/mol. The number of amides is 3. The van der Waals surface area contributed by atoms with E-state index in [1.165, 1.54) is 18.2 Å². The van der Waals surface area contributed by atoms with Crippen molar-refractivity contribution in [1.29, 1.82) is 0 Å². The molecular formula is C30H30ClN5O5. The van der Waals surface area contributed by atoms with Gasteiger partial charge >= 0.3 is 0 Å². The number of nitro groups is 1. The molecule has 0 atom stereocenters. The lowest BCUT2D eigenvalue weighted by molar-refractivity contribution is -0.384. The van der Waals surface area contributed by atoms with Crippen LogP contribution in [0.1, 0.15) is 28.8 Å². The zero-order valence-corrected chi connectivity index (χ0v) is 23.4. The van der Waals surface area contributed by atoms with Gasteiger partial charge in [0.15, 0.2) is 0 Å². The molecule has 11 heteroatoms. The second kappa shape index (κ2) is 11.6. The first kappa shape index (κ1) is 28.1. The van der Waals surface area contributed by atoms with Crippen molar-refractivity contribution in [2.45, 2.75) is 24.9 Å². The molecule has 0 unspecified atom stereocenters. The summed E-state index contributed by atoms with van der Waals surface area (Å²) < 4.78 is 0. The summed E-state index contributed by atoms with van der Waals surface area (Å²) in [7, 11) is 1.73. The SMILES string of the molecule is CN(Cc1ccccc1)C(=O)CN1CN(c2ccccc2)C2(CCN(C(=O)c3ccc([N+](=O)[O-])cc3Cl)CC2)C1=O. The van der Waals surface area contributed by atoms with Crippen molar-refractivity contribution >= 4 is 40.7 Å². The zero-order chi connectivity index (χ0) is 29.1. The van der Waals surface area contributed by atoms with Crippen molar-refractivity contribution in [2.75, 3.05) is 38.3 Å².